The largest absolute Gasteiger partial charge is 0.461 e. The van der Waals surface area contributed by atoms with Crippen LogP contribution in [-0.4, -0.2) is 24.0 Å². The minimum absolute atomic E-state index is 0.143. The lowest BCUT2D eigenvalue weighted by Gasteiger charge is -2.20. The molecule has 5 heteroatoms. The zero-order chi connectivity index (χ0) is 13.8. The third-order valence-electron chi connectivity index (χ3n) is 2.16. The summed E-state index contributed by atoms with van der Waals surface area (Å²) >= 11 is 0. The molecule has 0 bridgehead atoms. The molecule has 1 aromatic heterocycles. The maximum atomic E-state index is 11.8. The summed E-state index contributed by atoms with van der Waals surface area (Å²) in [6, 6.07) is 3.26. The van der Waals surface area contributed by atoms with Gasteiger partial charge in [0, 0.05) is 12.5 Å². The summed E-state index contributed by atoms with van der Waals surface area (Å²) in [4.78, 5) is 23.2. The molecule has 1 rings (SSSR count). The highest BCUT2D eigenvalue weighted by molar-refractivity contribution is 5.95. The van der Waals surface area contributed by atoms with Crippen LogP contribution >= 0.6 is 0 Å². The quantitative estimate of drug-likeness (QED) is 0.837. The molecule has 0 saturated carbocycles. The monoisotopic (exact) mass is 253 g/mol. The van der Waals surface area contributed by atoms with Gasteiger partial charge in [-0.2, -0.15) is 0 Å². The fourth-order valence-electron chi connectivity index (χ4n) is 1.30. The van der Waals surface area contributed by atoms with Crippen LogP contribution in [0.5, 0.6) is 0 Å². The van der Waals surface area contributed by atoms with Crippen LogP contribution in [0.1, 0.15) is 38.2 Å². The number of Topliss-reactive ketones (excluding diaryl/α,β-unsaturated/α-hetero) is 1. The third-order valence-corrected chi connectivity index (χ3v) is 2.16. The van der Waals surface area contributed by atoms with Crippen LogP contribution in [0, 0.1) is 5.92 Å². The Morgan fingerprint density at radius 2 is 2.11 bits per heavy atom. The highest BCUT2D eigenvalue weighted by atomic mass is 16.6. The van der Waals surface area contributed by atoms with Crippen molar-refractivity contribution in [2.75, 3.05) is 6.54 Å². The molecule has 0 aliphatic rings. The molecule has 0 aromatic carbocycles. The molecule has 0 aliphatic carbocycles. The Morgan fingerprint density at radius 3 is 2.61 bits per heavy atom. The fraction of sp³-hybridized carbons (Fsp3) is 0.538. The van der Waals surface area contributed by atoms with Gasteiger partial charge in [-0.3, -0.25) is 4.79 Å². The van der Waals surface area contributed by atoms with Gasteiger partial charge in [-0.1, -0.05) is 6.92 Å². The molecule has 18 heavy (non-hydrogen) atoms. The lowest BCUT2D eigenvalue weighted by Crippen LogP contribution is -2.36. The Balaban J connectivity index is 2.40. The molecule has 1 amide bonds. The first-order valence-electron chi connectivity index (χ1n) is 5.84. The number of carbonyl (C=O) groups is 2. The number of rotatable bonds is 4. The van der Waals surface area contributed by atoms with Gasteiger partial charge in [-0.15, -0.1) is 0 Å². The van der Waals surface area contributed by atoms with E-state index in [1.807, 2.05) is 0 Å². The standard InChI is InChI=1S/C13H19NO4/c1-9(11(15)10-6-5-7-17-10)8-14-12(16)18-13(2,3)4/h5-7,9H,8H2,1-4H3,(H,14,16). The number of nitrogens with one attached hydrogen (secondary N) is 1. The first kappa shape index (κ1) is 14.3. The van der Waals surface area contributed by atoms with Gasteiger partial charge in [0.2, 0.25) is 5.78 Å². The Labute approximate surface area is 106 Å². The van der Waals surface area contributed by atoms with E-state index in [1.165, 1.54) is 6.26 Å². The van der Waals surface area contributed by atoms with E-state index in [4.69, 9.17) is 9.15 Å². The van der Waals surface area contributed by atoms with E-state index in [0.717, 1.165) is 0 Å². The van der Waals surface area contributed by atoms with Crippen LogP contribution in [0.25, 0.3) is 0 Å². The van der Waals surface area contributed by atoms with Gasteiger partial charge in [0.1, 0.15) is 5.60 Å². The lowest BCUT2D eigenvalue weighted by atomic mass is 10.1. The molecule has 1 N–H and O–H groups in total. The summed E-state index contributed by atoms with van der Waals surface area (Å²) in [5.74, 6) is -0.201. The minimum atomic E-state index is -0.543. The molecule has 0 saturated heterocycles. The molecule has 0 radical (unpaired) electrons. The SMILES string of the molecule is CC(CNC(=O)OC(C)(C)C)C(=O)c1ccco1. The van der Waals surface area contributed by atoms with E-state index in [0.29, 0.717) is 5.76 Å². The second-order valence-electron chi connectivity index (χ2n) is 5.13. The molecular weight excluding hydrogens is 234 g/mol. The van der Waals surface area contributed by atoms with Gasteiger partial charge in [0.25, 0.3) is 0 Å². The minimum Gasteiger partial charge on any atom is -0.461 e. The van der Waals surface area contributed by atoms with Crippen LogP contribution in [0.2, 0.25) is 0 Å². The predicted octanol–water partition coefficient (Wildman–Crippen LogP) is 2.62. The molecule has 1 atom stereocenters. The predicted molar refractivity (Wildman–Crippen MR) is 66.4 cm³/mol. The Hall–Kier alpha value is -1.78. The van der Waals surface area contributed by atoms with Crippen molar-refractivity contribution in [3.05, 3.63) is 24.2 Å². The number of alkyl carbamates (subject to hydrolysis) is 1. The second-order valence-corrected chi connectivity index (χ2v) is 5.13. The molecule has 1 aromatic rings. The van der Waals surface area contributed by atoms with Crippen molar-refractivity contribution in [2.45, 2.75) is 33.3 Å². The molecule has 0 fully saturated rings. The summed E-state index contributed by atoms with van der Waals surface area (Å²) in [5, 5.41) is 2.56. The van der Waals surface area contributed by atoms with Crippen molar-refractivity contribution < 1.29 is 18.7 Å². The van der Waals surface area contributed by atoms with Crippen molar-refractivity contribution in [2.24, 2.45) is 5.92 Å². The van der Waals surface area contributed by atoms with Crippen LogP contribution in [0.3, 0.4) is 0 Å². The average Bonchev–Trinajstić information content (AvgIpc) is 2.75. The first-order valence-corrected chi connectivity index (χ1v) is 5.84. The van der Waals surface area contributed by atoms with Gasteiger partial charge in [0.05, 0.1) is 6.26 Å². The summed E-state index contributed by atoms with van der Waals surface area (Å²) in [7, 11) is 0. The highest BCUT2D eigenvalue weighted by Crippen LogP contribution is 2.10. The van der Waals surface area contributed by atoms with Crippen molar-refractivity contribution in [3.8, 4) is 0 Å². The van der Waals surface area contributed by atoms with Gasteiger partial charge in [-0.25, -0.2) is 4.79 Å². The van der Waals surface area contributed by atoms with E-state index in [9.17, 15) is 9.59 Å². The number of furan rings is 1. The number of ether oxygens (including phenoxy) is 1. The molecular formula is C13H19NO4. The number of carbonyl (C=O) groups excluding carboxylic acids is 2. The van der Waals surface area contributed by atoms with Crippen molar-refractivity contribution in [1.29, 1.82) is 0 Å². The van der Waals surface area contributed by atoms with E-state index < -0.39 is 11.7 Å². The van der Waals surface area contributed by atoms with Gasteiger partial charge in [0.15, 0.2) is 5.76 Å². The second kappa shape index (κ2) is 5.71. The molecule has 0 aliphatic heterocycles. The van der Waals surface area contributed by atoms with Crippen LogP contribution < -0.4 is 5.32 Å². The van der Waals surface area contributed by atoms with Gasteiger partial charge < -0.3 is 14.5 Å². The maximum Gasteiger partial charge on any atom is 0.407 e. The van der Waals surface area contributed by atoms with Gasteiger partial charge >= 0.3 is 6.09 Å². The highest BCUT2D eigenvalue weighted by Gasteiger charge is 2.20. The summed E-state index contributed by atoms with van der Waals surface area (Å²) in [6.45, 7) is 7.29. The van der Waals surface area contributed by atoms with E-state index in [-0.39, 0.29) is 18.2 Å². The molecule has 0 spiro atoms. The normalized spacial score (nSPS) is 12.9. The van der Waals surface area contributed by atoms with Crippen molar-refractivity contribution >= 4 is 11.9 Å². The Morgan fingerprint density at radius 1 is 1.44 bits per heavy atom. The van der Waals surface area contributed by atoms with E-state index in [2.05, 4.69) is 5.32 Å². The number of ketones is 1. The third kappa shape index (κ3) is 4.61. The summed E-state index contributed by atoms with van der Waals surface area (Å²) < 4.78 is 10.1. The van der Waals surface area contributed by atoms with Crippen LogP contribution in [0.15, 0.2) is 22.8 Å². The lowest BCUT2D eigenvalue weighted by molar-refractivity contribution is 0.0519. The van der Waals surface area contributed by atoms with Gasteiger partial charge in [-0.05, 0) is 32.9 Å². The number of hydrogen-bond donors (Lipinski definition) is 1. The number of amides is 1. The molecule has 1 unspecified atom stereocenters. The number of hydrogen-bond acceptors (Lipinski definition) is 4. The Kier molecular flexibility index (Phi) is 4.53. The summed E-state index contributed by atoms with van der Waals surface area (Å²) in [6.07, 6.45) is 0.919. The Bertz CT molecular complexity index is 403. The van der Waals surface area contributed by atoms with Crippen molar-refractivity contribution in [1.82, 2.24) is 5.32 Å². The van der Waals surface area contributed by atoms with Crippen molar-refractivity contribution in [3.63, 3.8) is 0 Å². The zero-order valence-corrected chi connectivity index (χ0v) is 11.1. The van der Waals surface area contributed by atoms with Crippen LogP contribution in [-0.2, 0) is 4.74 Å². The van der Waals surface area contributed by atoms with Crippen LogP contribution in [0.4, 0.5) is 4.79 Å². The topological polar surface area (TPSA) is 68.5 Å². The average molecular weight is 253 g/mol. The smallest absolute Gasteiger partial charge is 0.407 e. The van der Waals surface area contributed by atoms with E-state index in [1.54, 1.807) is 39.8 Å². The molecule has 5 nitrogen and oxygen atoms in total. The summed E-state index contributed by atoms with van der Waals surface area (Å²) in [5.41, 5.74) is -0.543. The van der Waals surface area contributed by atoms with E-state index >= 15 is 0 Å². The fourth-order valence-corrected chi connectivity index (χ4v) is 1.30. The maximum absolute atomic E-state index is 11.8. The molecule has 100 valence electrons. The first-order chi connectivity index (χ1) is 8.29. The zero-order valence-electron chi connectivity index (χ0n) is 11.1. The molecule has 1 heterocycles.